The number of carboxylic acids is 1. The second-order valence-corrected chi connectivity index (χ2v) is 5.02. The highest BCUT2D eigenvalue weighted by atomic mass is 79.9. The molecule has 0 radical (unpaired) electrons. The lowest BCUT2D eigenvalue weighted by Crippen LogP contribution is -2.04. The van der Waals surface area contributed by atoms with Crippen LogP contribution in [-0.2, 0) is 11.2 Å². The molecule has 0 saturated heterocycles. The summed E-state index contributed by atoms with van der Waals surface area (Å²) in [5.41, 5.74) is 2.58. The smallest absolute Gasteiger partial charge is 0.307 e. The Kier molecular flexibility index (Phi) is 1.57. The van der Waals surface area contributed by atoms with E-state index in [0.29, 0.717) is 11.8 Å². The average Bonchev–Trinajstić information content (AvgIpc) is 2.70. The van der Waals surface area contributed by atoms with Gasteiger partial charge < -0.3 is 5.11 Å². The summed E-state index contributed by atoms with van der Waals surface area (Å²) in [5, 5.41) is 8.93. The maximum atomic E-state index is 10.8. The Morgan fingerprint density at radius 2 is 2.29 bits per heavy atom. The minimum absolute atomic E-state index is 0.108. The van der Waals surface area contributed by atoms with Crippen LogP contribution in [-0.4, -0.2) is 11.1 Å². The van der Waals surface area contributed by atoms with Gasteiger partial charge in [0.2, 0.25) is 0 Å². The van der Waals surface area contributed by atoms with E-state index in [4.69, 9.17) is 5.11 Å². The van der Waals surface area contributed by atoms with Crippen LogP contribution in [0.1, 0.15) is 17.0 Å². The first kappa shape index (κ1) is 8.48. The van der Waals surface area contributed by atoms with E-state index in [1.54, 1.807) is 0 Å². The van der Waals surface area contributed by atoms with Gasteiger partial charge in [0.1, 0.15) is 0 Å². The van der Waals surface area contributed by atoms with E-state index in [-0.39, 0.29) is 5.92 Å². The minimum Gasteiger partial charge on any atom is -0.481 e. The molecule has 1 fully saturated rings. The van der Waals surface area contributed by atoms with Crippen molar-refractivity contribution in [2.24, 2.45) is 11.8 Å². The van der Waals surface area contributed by atoms with Gasteiger partial charge in [-0.2, -0.15) is 0 Å². The molecule has 72 valence electrons. The fraction of sp³-hybridized carbons (Fsp3) is 0.364. The fourth-order valence-corrected chi connectivity index (χ4v) is 3.13. The number of hydrogen-bond acceptors (Lipinski definition) is 1. The molecule has 3 heteroatoms. The Morgan fingerprint density at radius 1 is 1.50 bits per heavy atom. The molecule has 0 heterocycles. The van der Waals surface area contributed by atoms with Crippen LogP contribution in [0.2, 0.25) is 0 Å². The van der Waals surface area contributed by atoms with E-state index >= 15 is 0 Å². The van der Waals surface area contributed by atoms with Gasteiger partial charge in [0, 0.05) is 10.4 Å². The van der Waals surface area contributed by atoms with Crippen LogP contribution >= 0.6 is 15.9 Å². The van der Waals surface area contributed by atoms with Crippen LogP contribution in [0.4, 0.5) is 0 Å². The zero-order valence-corrected chi connectivity index (χ0v) is 8.99. The van der Waals surface area contributed by atoms with Crippen molar-refractivity contribution in [2.75, 3.05) is 0 Å². The summed E-state index contributed by atoms with van der Waals surface area (Å²) in [6.45, 7) is 0. The predicted molar refractivity (Wildman–Crippen MR) is 55.2 cm³/mol. The fourth-order valence-electron chi connectivity index (χ4n) is 2.72. The highest BCUT2D eigenvalue weighted by Crippen LogP contribution is 2.61. The summed E-state index contributed by atoms with van der Waals surface area (Å²) in [6, 6.07) is 6.17. The van der Waals surface area contributed by atoms with Gasteiger partial charge in [-0.15, -0.1) is 0 Å². The van der Waals surface area contributed by atoms with Crippen molar-refractivity contribution in [1.29, 1.82) is 0 Å². The molecule has 3 atom stereocenters. The van der Waals surface area contributed by atoms with Crippen LogP contribution in [0.5, 0.6) is 0 Å². The normalized spacial score (nSPS) is 32.2. The van der Waals surface area contributed by atoms with E-state index < -0.39 is 5.97 Å². The molecule has 14 heavy (non-hydrogen) atoms. The number of benzene rings is 1. The number of fused-ring (bicyclic) bond motifs is 3. The zero-order chi connectivity index (χ0) is 9.87. The van der Waals surface area contributed by atoms with Gasteiger partial charge in [-0.05, 0) is 35.6 Å². The van der Waals surface area contributed by atoms with E-state index in [1.807, 2.05) is 6.07 Å². The summed E-state index contributed by atoms with van der Waals surface area (Å²) in [7, 11) is 0. The third-order valence-corrected chi connectivity index (χ3v) is 3.87. The highest BCUT2D eigenvalue weighted by Gasteiger charge is 2.59. The predicted octanol–water partition coefficient (Wildman–Crippen LogP) is 2.42. The van der Waals surface area contributed by atoms with Gasteiger partial charge in [-0.1, -0.05) is 22.0 Å². The Morgan fingerprint density at radius 3 is 3.00 bits per heavy atom. The van der Waals surface area contributed by atoms with Crippen molar-refractivity contribution in [3.05, 3.63) is 33.8 Å². The van der Waals surface area contributed by atoms with Gasteiger partial charge in [0.25, 0.3) is 0 Å². The summed E-state index contributed by atoms with van der Waals surface area (Å²) < 4.78 is 1.09. The van der Waals surface area contributed by atoms with Crippen molar-refractivity contribution < 1.29 is 9.90 Å². The minimum atomic E-state index is -0.631. The lowest BCUT2D eigenvalue weighted by molar-refractivity contribution is -0.139. The van der Waals surface area contributed by atoms with E-state index in [1.165, 1.54) is 11.1 Å². The first-order chi connectivity index (χ1) is 6.68. The van der Waals surface area contributed by atoms with Crippen LogP contribution < -0.4 is 0 Å². The topological polar surface area (TPSA) is 37.3 Å². The Balaban J connectivity index is 1.99. The second-order valence-electron chi connectivity index (χ2n) is 4.10. The maximum absolute atomic E-state index is 10.8. The summed E-state index contributed by atoms with van der Waals surface area (Å²) >= 11 is 3.43. The first-order valence-electron chi connectivity index (χ1n) is 4.69. The highest BCUT2D eigenvalue weighted by molar-refractivity contribution is 9.10. The molecule has 0 spiro atoms. The van der Waals surface area contributed by atoms with Crippen LogP contribution in [0.15, 0.2) is 22.7 Å². The van der Waals surface area contributed by atoms with Crippen molar-refractivity contribution in [2.45, 2.75) is 12.3 Å². The van der Waals surface area contributed by atoms with Crippen LogP contribution in [0, 0.1) is 11.8 Å². The van der Waals surface area contributed by atoms with Gasteiger partial charge in [0.15, 0.2) is 0 Å². The molecule has 1 N–H and O–H groups in total. The Bertz CT molecular complexity index is 427. The SMILES string of the molecule is O=C(O)C1[C@H]2c3ccc(Br)cc3C[C@@H]12. The molecule has 0 aromatic heterocycles. The van der Waals surface area contributed by atoms with Gasteiger partial charge >= 0.3 is 5.97 Å². The van der Waals surface area contributed by atoms with Crippen molar-refractivity contribution >= 4 is 21.9 Å². The van der Waals surface area contributed by atoms with Gasteiger partial charge in [-0.3, -0.25) is 4.79 Å². The van der Waals surface area contributed by atoms with E-state index in [9.17, 15) is 4.79 Å². The third kappa shape index (κ3) is 0.989. The standard InChI is InChI=1S/C11H9BrO2/c12-6-1-2-7-5(3-6)4-8-9(7)10(8)11(13)14/h1-3,8-10H,4H2,(H,13,14)/t8-,9+,10?/m1/s1. The van der Waals surface area contributed by atoms with Crippen molar-refractivity contribution in [1.82, 2.24) is 0 Å². The molecule has 2 aliphatic carbocycles. The summed E-state index contributed by atoms with van der Waals surface area (Å²) in [5.74, 6) is -0.0651. The second kappa shape index (κ2) is 2.60. The number of hydrogen-bond donors (Lipinski definition) is 1. The van der Waals surface area contributed by atoms with Crippen molar-refractivity contribution in [3.8, 4) is 0 Å². The molecule has 1 aromatic rings. The molecular formula is C11H9BrO2. The largest absolute Gasteiger partial charge is 0.481 e. The molecule has 2 nitrogen and oxygen atoms in total. The molecular weight excluding hydrogens is 244 g/mol. The molecule has 0 amide bonds. The maximum Gasteiger partial charge on any atom is 0.307 e. The molecule has 0 bridgehead atoms. The Hall–Kier alpha value is -0.830. The first-order valence-corrected chi connectivity index (χ1v) is 5.49. The zero-order valence-electron chi connectivity index (χ0n) is 7.40. The summed E-state index contributed by atoms with van der Waals surface area (Å²) in [6.07, 6.45) is 0.941. The number of rotatable bonds is 1. The van der Waals surface area contributed by atoms with Gasteiger partial charge in [0.05, 0.1) is 5.92 Å². The Labute approximate surface area is 90.1 Å². The summed E-state index contributed by atoms with van der Waals surface area (Å²) in [4.78, 5) is 10.8. The molecule has 3 rings (SSSR count). The van der Waals surface area contributed by atoms with E-state index in [2.05, 4.69) is 28.1 Å². The lowest BCUT2D eigenvalue weighted by Gasteiger charge is -2.04. The number of carbonyl (C=O) groups is 1. The molecule has 2 aliphatic rings. The molecule has 0 aliphatic heterocycles. The third-order valence-electron chi connectivity index (χ3n) is 3.37. The van der Waals surface area contributed by atoms with Gasteiger partial charge in [-0.25, -0.2) is 0 Å². The van der Waals surface area contributed by atoms with Crippen LogP contribution in [0.3, 0.4) is 0 Å². The molecule has 1 aromatic carbocycles. The number of aliphatic carboxylic acids is 1. The number of carboxylic acid groups (broad SMARTS) is 1. The van der Waals surface area contributed by atoms with E-state index in [0.717, 1.165) is 10.9 Å². The number of halogens is 1. The molecule has 1 saturated carbocycles. The molecule has 1 unspecified atom stereocenters. The average molecular weight is 253 g/mol. The van der Waals surface area contributed by atoms with Crippen LogP contribution in [0.25, 0.3) is 0 Å². The lowest BCUT2D eigenvalue weighted by atomic mass is 10.0. The quantitative estimate of drug-likeness (QED) is 0.834. The van der Waals surface area contributed by atoms with Crippen molar-refractivity contribution in [3.63, 3.8) is 0 Å². The monoisotopic (exact) mass is 252 g/mol.